The molecule has 2 nitrogen and oxygen atoms in total. The van der Waals surface area contributed by atoms with E-state index in [1.165, 1.54) is 77.0 Å². The maximum absolute atomic E-state index is 11.2. The molecule has 0 aliphatic rings. The Labute approximate surface area is 151 Å². The lowest BCUT2D eigenvalue weighted by Gasteiger charge is -2.11. The number of carbonyl (C=O) groups is 1. The monoisotopic (exact) mass is 338 g/mol. The van der Waals surface area contributed by atoms with Gasteiger partial charge < -0.3 is 4.74 Å². The first-order chi connectivity index (χ1) is 11.6. The van der Waals surface area contributed by atoms with Gasteiger partial charge in [0.15, 0.2) is 0 Å². The first-order valence-electron chi connectivity index (χ1n) is 10.4. The van der Waals surface area contributed by atoms with Crippen molar-refractivity contribution in [2.45, 2.75) is 111 Å². The van der Waals surface area contributed by atoms with Gasteiger partial charge in [-0.05, 0) is 19.3 Å². The normalized spacial score (nSPS) is 12.1. The van der Waals surface area contributed by atoms with E-state index >= 15 is 0 Å². The molecular weight excluding hydrogens is 296 g/mol. The third-order valence-electron chi connectivity index (χ3n) is 4.72. The molecule has 0 aromatic heterocycles. The van der Waals surface area contributed by atoms with E-state index in [4.69, 9.17) is 4.74 Å². The minimum Gasteiger partial charge on any atom is -0.462 e. The molecule has 0 amide bonds. The van der Waals surface area contributed by atoms with Gasteiger partial charge in [0.25, 0.3) is 0 Å². The zero-order valence-electron chi connectivity index (χ0n) is 16.7. The van der Waals surface area contributed by atoms with Crippen molar-refractivity contribution >= 4 is 5.97 Å². The van der Waals surface area contributed by atoms with E-state index in [2.05, 4.69) is 20.4 Å². The third kappa shape index (κ3) is 16.1. The first kappa shape index (κ1) is 23.2. The second kappa shape index (κ2) is 17.0. The Hall–Kier alpha value is -0.790. The van der Waals surface area contributed by atoms with Crippen LogP contribution in [0.3, 0.4) is 0 Å². The van der Waals surface area contributed by atoms with Gasteiger partial charge in [-0.15, -0.1) is 0 Å². The van der Waals surface area contributed by atoms with E-state index in [0.717, 1.165) is 18.8 Å². The highest BCUT2D eigenvalue weighted by atomic mass is 16.5. The summed E-state index contributed by atoms with van der Waals surface area (Å²) >= 11 is 0. The molecule has 1 atom stereocenters. The topological polar surface area (TPSA) is 26.3 Å². The average Bonchev–Trinajstić information content (AvgIpc) is 2.56. The summed E-state index contributed by atoms with van der Waals surface area (Å²) in [6.07, 6.45) is 18.8. The quantitative estimate of drug-likeness (QED) is 0.159. The number of hydrogen-bond acceptors (Lipinski definition) is 2. The van der Waals surface area contributed by atoms with E-state index in [-0.39, 0.29) is 5.97 Å². The Morgan fingerprint density at radius 2 is 1.29 bits per heavy atom. The van der Waals surface area contributed by atoms with E-state index in [1.54, 1.807) is 6.92 Å². The fourth-order valence-corrected chi connectivity index (χ4v) is 3.01. The standard InChI is InChI=1S/C22H42O2/c1-5-6-7-8-9-10-11-14-17-21(4)18-15-12-13-16-19-24-22(23)20(2)3/h21H,2,5-19H2,1,3-4H3. The van der Waals surface area contributed by atoms with Gasteiger partial charge in [-0.3, -0.25) is 0 Å². The minimum absolute atomic E-state index is 0.256. The fraction of sp³-hybridized carbons (Fsp3) is 0.864. The fourth-order valence-electron chi connectivity index (χ4n) is 3.01. The van der Waals surface area contributed by atoms with Gasteiger partial charge in [-0.1, -0.05) is 104 Å². The van der Waals surface area contributed by atoms with Gasteiger partial charge in [0, 0.05) is 5.57 Å². The molecule has 0 aromatic carbocycles. The van der Waals surface area contributed by atoms with Crippen molar-refractivity contribution < 1.29 is 9.53 Å². The molecule has 0 aromatic rings. The predicted octanol–water partition coefficient (Wildman–Crippen LogP) is 7.22. The summed E-state index contributed by atoms with van der Waals surface area (Å²) in [4.78, 5) is 11.2. The molecule has 0 bridgehead atoms. The number of esters is 1. The Kier molecular flexibility index (Phi) is 16.5. The van der Waals surface area contributed by atoms with Crippen molar-refractivity contribution in [3.05, 3.63) is 12.2 Å². The van der Waals surface area contributed by atoms with Crippen molar-refractivity contribution in [2.75, 3.05) is 6.61 Å². The zero-order chi connectivity index (χ0) is 18.0. The number of rotatable bonds is 17. The second-order valence-corrected chi connectivity index (χ2v) is 7.49. The predicted molar refractivity (Wildman–Crippen MR) is 105 cm³/mol. The summed E-state index contributed by atoms with van der Waals surface area (Å²) < 4.78 is 5.10. The molecule has 0 saturated carbocycles. The van der Waals surface area contributed by atoms with E-state index in [1.807, 2.05) is 0 Å². The van der Waals surface area contributed by atoms with Gasteiger partial charge in [0.05, 0.1) is 6.61 Å². The summed E-state index contributed by atoms with van der Waals surface area (Å²) in [6, 6.07) is 0. The molecule has 1 unspecified atom stereocenters. The summed E-state index contributed by atoms with van der Waals surface area (Å²) in [5, 5.41) is 0. The zero-order valence-corrected chi connectivity index (χ0v) is 16.7. The molecule has 0 spiro atoms. The summed E-state index contributed by atoms with van der Waals surface area (Å²) in [6.45, 7) is 10.5. The number of hydrogen-bond donors (Lipinski definition) is 0. The van der Waals surface area contributed by atoms with Crippen LogP contribution in [0.25, 0.3) is 0 Å². The number of carbonyl (C=O) groups excluding carboxylic acids is 1. The smallest absolute Gasteiger partial charge is 0.333 e. The van der Waals surface area contributed by atoms with Gasteiger partial charge in [-0.25, -0.2) is 4.79 Å². The Morgan fingerprint density at radius 1 is 0.833 bits per heavy atom. The van der Waals surface area contributed by atoms with Crippen LogP contribution in [0.4, 0.5) is 0 Å². The van der Waals surface area contributed by atoms with E-state index < -0.39 is 0 Å². The molecule has 0 saturated heterocycles. The van der Waals surface area contributed by atoms with E-state index in [0.29, 0.717) is 12.2 Å². The highest BCUT2D eigenvalue weighted by molar-refractivity contribution is 5.86. The van der Waals surface area contributed by atoms with Crippen LogP contribution in [0.15, 0.2) is 12.2 Å². The summed E-state index contributed by atoms with van der Waals surface area (Å²) in [7, 11) is 0. The van der Waals surface area contributed by atoms with Gasteiger partial charge in [0.1, 0.15) is 0 Å². The lowest BCUT2D eigenvalue weighted by molar-refractivity contribution is -0.139. The number of unbranched alkanes of at least 4 members (excludes halogenated alkanes) is 10. The van der Waals surface area contributed by atoms with Crippen LogP contribution in [0.5, 0.6) is 0 Å². The van der Waals surface area contributed by atoms with Gasteiger partial charge >= 0.3 is 5.97 Å². The van der Waals surface area contributed by atoms with Gasteiger partial charge in [0.2, 0.25) is 0 Å². The van der Waals surface area contributed by atoms with Crippen molar-refractivity contribution in [1.82, 2.24) is 0 Å². The lowest BCUT2D eigenvalue weighted by atomic mass is 9.96. The first-order valence-corrected chi connectivity index (χ1v) is 10.4. The molecule has 0 radical (unpaired) electrons. The molecule has 24 heavy (non-hydrogen) atoms. The largest absolute Gasteiger partial charge is 0.462 e. The minimum atomic E-state index is -0.256. The second-order valence-electron chi connectivity index (χ2n) is 7.49. The van der Waals surface area contributed by atoms with Crippen LogP contribution in [0.1, 0.15) is 111 Å². The maximum atomic E-state index is 11.2. The number of ether oxygens (including phenoxy) is 1. The molecule has 0 heterocycles. The molecule has 0 aliphatic carbocycles. The Morgan fingerprint density at radius 3 is 1.79 bits per heavy atom. The van der Waals surface area contributed by atoms with Crippen LogP contribution in [-0.2, 0) is 9.53 Å². The molecular formula is C22H42O2. The highest BCUT2D eigenvalue weighted by Gasteiger charge is 2.04. The summed E-state index contributed by atoms with van der Waals surface area (Å²) in [5.74, 6) is 0.611. The van der Waals surface area contributed by atoms with Crippen LogP contribution in [-0.4, -0.2) is 12.6 Å². The van der Waals surface area contributed by atoms with Crippen LogP contribution >= 0.6 is 0 Å². The van der Waals surface area contributed by atoms with Crippen molar-refractivity contribution in [1.29, 1.82) is 0 Å². The molecule has 0 fully saturated rings. The van der Waals surface area contributed by atoms with Gasteiger partial charge in [-0.2, -0.15) is 0 Å². The van der Waals surface area contributed by atoms with Crippen LogP contribution < -0.4 is 0 Å². The molecule has 142 valence electrons. The highest BCUT2D eigenvalue weighted by Crippen LogP contribution is 2.18. The van der Waals surface area contributed by atoms with Crippen LogP contribution in [0, 0.1) is 5.92 Å². The molecule has 0 N–H and O–H groups in total. The summed E-state index contributed by atoms with van der Waals surface area (Å²) in [5.41, 5.74) is 0.491. The molecule has 0 rings (SSSR count). The third-order valence-corrected chi connectivity index (χ3v) is 4.72. The lowest BCUT2D eigenvalue weighted by Crippen LogP contribution is -2.06. The Bertz CT molecular complexity index is 309. The van der Waals surface area contributed by atoms with Crippen LogP contribution in [0.2, 0.25) is 0 Å². The maximum Gasteiger partial charge on any atom is 0.333 e. The Balaban J connectivity index is 3.25. The molecule has 0 aliphatic heterocycles. The van der Waals surface area contributed by atoms with E-state index in [9.17, 15) is 4.79 Å². The average molecular weight is 339 g/mol. The van der Waals surface area contributed by atoms with Crippen molar-refractivity contribution in [3.63, 3.8) is 0 Å². The van der Waals surface area contributed by atoms with Crippen molar-refractivity contribution in [2.24, 2.45) is 5.92 Å². The SMILES string of the molecule is C=C(C)C(=O)OCCCCCCC(C)CCCCCCCCCC. The molecule has 2 heteroatoms. The van der Waals surface area contributed by atoms with Crippen molar-refractivity contribution in [3.8, 4) is 0 Å².